The highest BCUT2D eigenvalue weighted by atomic mass is 35.5. The quantitative estimate of drug-likeness (QED) is 0.667. The van der Waals surface area contributed by atoms with Gasteiger partial charge in [-0.3, -0.25) is 10.1 Å². The van der Waals surface area contributed by atoms with Crippen LogP contribution in [0.15, 0.2) is 54.7 Å². The Bertz CT molecular complexity index is 941. The number of benzene rings is 1. The summed E-state index contributed by atoms with van der Waals surface area (Å²) in [6.45, 7) is 0. The van der Waals surface area contributed by atoms with Gasteiger partial charge in [-0.05, 0) is 42.5 Å². The molecule has 26 heavy (non-hydrogen) atoms. The SMILES string of the molecule is COC(=O)Nc1cccc(C(=O)Nc2ccc(-c3ccc(Cl)s3)cn2)c1. The predicted octanol–water partition coefficient (Wildman–Crippen LogP) is 4.89. The zero-order chi connectivity index (χ0) is 18.5. The van der Waals surface area contributed by atoms with Gasteiger partial charge in [0.2, 0.25) is 0 Å². The van der Waals surface area contributed by atoms with Gasteiger partial charge in [0.25, 0.3) is 5.91 Å². The summed E-state index contributed by atoms with van der Waals surface area (Å²) in [6, 6.07) is 13.8. The van der Waals surface area contributed by atoms with E-state index < -0.39 is 6.09 Å². The van der Waals surface area contributed by atoms with E-state index in [0.29, 0.717) is 21.4 Å². The third-order valence-corrected chi connectivity index (χ3v) is 4.70. The fourth-order valence-corrected chi connectivity index (χ4v) is 3.21. The molecule has 0 aliphatic carbocycles. The number of thiophene rings is 1. The minimum Gasteiger partial charge on any atom is -0.453 e. The largest absolute Gasteiger partial charge is 0.453 e. The van der Waals surface area contributed by atoms with Gasteiger partial charge in [0, 0.05) is 27.9 Å². The van der Waals surface area contributed by atoms with E-state index in [4.69, 9.17) is 11.6 Å². The molecule has 8 heteroatoms. The van der Waals surface area contributed by atoms with Crippen molar-refractivity contribution in [1.29, 1.82) is 0 Å². The molecule has 0 radical (unpaired) electrons. The predicted molar refractivity (Wildman–Crippen MR) is 103 cm³/mol. The van der Waals surface area contributed by atoms with Gasteiger partial charge in [-0.2, -0.15) is 0 Å². The third kappa shape index (κ3) is 4.38. The zero-order valence-electron chi connectivity index (χ0n) is 13.7. The van der Waals surface area contributed by atoms with Gasteiger partial charge in [-0.25, -0.2) is 9.78 Å². The number of hydrogen-bond donors (Lipinski definition) is 2. The Balaban J connectivity index is 1.70. The first-order chi connectivity index (χ1) is 12.5. The average Bonchev–Trinajstić information content (AvgIpc) is 3.09. The highest BCUT2D eigenvalue weighted by molar-refractivity contribution is 7.19. The molecule has 0 bridgehead atoms. The lowest BCUT2D eigenvalue weighted by Crippen LogP contribution is -2.14. The Labute approximate surface area is 158 Å². The van der Waals surface area contributed by atoms with Gasteiger partial charge in [0.05, 0.1) is 11.4 Å². The number of rotatable bonds is 4. The molecule has 1 aromatic carbocycles. The summed E-state index contributed by atoms with van der Waals surface area (Å²) < 4.78 is 5.24. The Morgan fingerprint density at radius 2 is 1.96 bits per heavy atom. The molecule has 2 N–H and O–H groups in total. The van der Waals surface area contributed by atoms with Crippen LogP contribution in [0.1, 0.15) is 10.4 Å². The Kier molecular flexibility index (Phi) is 5.50. The number of anilines is 2. The zero-order valence-corrected chi connectivity index (χ0v) is 15.2. The van der Waals surface area contributed by atoms with E-state index in [-0.39, 0.29) is 5.91 Å². The normalized spacial score (nSPS) is 10.2. The molecule has 2 heterocycles. The minimum absolute atomic E-state index is 0.335. The maximum absolute atomic E-state index is 12.4. The molecule has 0 unspecified atom stereocenters. The van der Waals surface area contributed by atoms with Crippen molar-refractivity contribution in [3.05, 3.63) is 64.6 Å². The number of carbonyl (C=O) groups excluding carboxylic acids is 2. The second-order valence-corrected chi connectivity index (χ2v) is 6.90. The number of nitrogens with zero attached hydrogens (tertiary/aromatic N) is 1. The summed E-state index contributed by atoms with van der Waals surface area (Å²) in [5.41, 5.74) is 1.77. The Hall–Kier alpha value is -2.90. The topological polar surface area (TPSA) is 80.3 Å². The van der Waals surface area contributed by atoms with Crippen molar-refractivity contribution in [3.8, 4) is 10.4 Å². The van der Waals surface area contributed by atoms with Crippen LogP contribution >= 0.6 is 22.9 Å². The molecule has 0 spiro atoms. The first-order valence-electron chi connectivity index (χ1n) is 7.53. The van der Waals surface area contributed by atoms with Crippen molar-refractivity contribution >= 4 is 46.4 Å². The van der Waals surface area contributed by atoms with Crippen LogP contribution in [0.5, 0.6) is 0 Å². The summed E-state index contributed by atoms with van der Waals surface area (Å²) >= 11 is 7.40. The molecule has 0 atom stereocenters. The fourth-order valence-electron chi connectivity index (χ4n) is 2.18. The number of pyridine rings is 1. The molecule has 0 saturated heterocycles. The van der Waals surface area contributed by atoms with Crippen LogP contribution in [0.4, 0.5) is 16.3 Å². The molecule has 2 amide bonds. The lowest BCUT2D eigenvalue weighted by atomic mass is 10.2. The first-order valence-corrected chi connectivity index (χ1v) is 8.73. The van der Waals surface area contributed by atoms with Crippen molar-refractivity contribution in [2.24, 2.45) is 0 Å². The molecule has 3 aromatic rings. The van der Waals surface area contributed by atoms with Crippen LogP contribution < -0.4 is 10.6 Å². The molecular weight excluding hydrogens is 374 g/mol. The Morgan fingerprint density at radius 3 is 2.62 bits per heavy atom. The standard InChI is InChI=1S/C18H14ClN3O3S/c1-25-18(24)21-13-4-2-3-11(9-13)17(23)22-16-8-5-12(10-20-16)14-6-7-15(19)26-14/h2-10H,1H3,(H,21,24)(H,20,22,23). The van der Waals surface area contributed by atoms with E-state index in [0.717, 1.165) is 10.4 Å². The molecule has 2 aromatic heterocycles. The summed E-state index contributed by atoms with van der Waals surface area (Å²) in [4.78, 5) is 28.9. The van der Waals surface area contributed by atoms with Gasteiger partial charge in [-0.15, -0.1) is 11.3 Å². The molecule has 3 rings (SSSR count). The van der Waals surface area contributed by atoms with Crippen molar-refractivity contribution in [3.63, 3.8) is 0 Å². The molecule has 132 valence electrons. The van der Waals surface area contributed by atoms with Crippen LogP contribution in [0.3, 0.4) is 0 Å². The number of aromatic nitrogens is 1. The maximum atomic E-state index is 12.4. The second-order valence-electron chi connectivity index (χ2n) is 5.19. The molecule has 0 saturated carbocycles. The highest BCUT2D eigenvalue weighted by Gasteiger charge is 2.10. The minimum atomic E-state index is -0.603. The lowest BCUT2D eigenvalue weighted by molar-refractivity contribution is 0.102. The Morgan fingerprint density at radius 1 is 1.12 bits per heavy atom. The van der Waals surface area contributed by atoms with Gasteiger partial charge < -0.3 is 10.1 Å². The maximum Gasteiger partial charge on any atom is 0.411 e. The van der Waals surface area contributed by atoms with E-state index in [1.807, 2.05) is 18.2 Å². The first kappa shape index (κ1) is 17.9. The number of methoxy groups -OCH3 is 1. The molecule has 0 aliphatic rings. The van der Waals surface area contributed by atoms with E-state index in [2.05, 4.69) is 20.4 Å². The average molecular weight is 388 g/mol. The van der Waals surface area contributed by atoms with Crippen molar-refractivity contribution < 1.29 is 14.3 Å². The van der Waals surface area contributed by atoms with Crippen LogP contribution in [0.25, 0.3) is 10.4 Å². The van der Waals surface area contributed by atoms with Crippen LogP contribution in [-0.4, -0.2) is 24.1 Å². The van der Waals surface area contributed by atoms with Gasteiger partial charge >= 0.3 is 6.09 Å². The van der Waals surface area contributed by atoms with E-state index >= 15 is 0 Å². The number of ether oxygens (including phenoxy) is 1. The van der Waals surface area contributed by atoms with Crippen LogP contribution in [0.2, 0.25) is 4.34 Å². The van der Waals surface area contributed by atoms with Gasteiger partial charge in [-0.1, -0.05) is 17.7 Å². The molecule has 0 fully saturated rings. The van der Waals surface area contributed by atoms with Crippen LogP contribution in [0, 0.1) is 0 Å². The second kappa shape index (κ2) is 7.99. The van der Waals surface area contributed by atoms with Crippen LogP contribution in [-0.2, 0) is 4.74 Å². The number of nitrogens with one attached hydrogen (secondary N) is 2. The molecule has 6 nitrogen and oxygen atoms in total. The number of amides is 2. The monoisotopic (exact) mass is 387 g/mol. The summed E-state index contributed by atoms with van der Waals surface area (Å²) in [6.07, 6.45) is 1.07. The van der Waals surface area contributed by atoms with Crippen molar-refractivity contribution in [1.82, 2.24) is 4.98 Å². The fraction of sp³-hybridized carbons (Fsp3) is 0.0556. The van der Waals surface area contributed by atoms with Crippen molar-refractivity contribution in [2.45, 2.75) is 0 Å². The smallest absolute Gasteiger partial charge is 0.411 e. The van der Waals surface area contributed by atoms with Gasteiger partial charge in [0.15, 0.2) is 0 Å². The van der Waals surface area contributed by atoms with Gasteiger partial charge in [0.1, 0.15) is 5.82 Å². The summed E-state index contributed by atoms with van der Waals surface area (Å²) in [5.74, 6) is 0.0886. The number of halogens is 1. The van der Waals surface area contributed by atoms with E-state index in [1.54, 1.807) is 36.5 Å². The summed E-state index contributed by atoms with van der Waals surface area (Å²) in [7, 11) is 1.27. The molecule has 0 aliphatic heterocycles. The highest BCUT2D eigenvalue weighted by Crippen LogP contribution is 2.30. The number of carbonyl (C=O) groups is 2. The van der Waals surface area contributed by atoms with Crippen molar-refractivity contribution in [2.75, 3.05) is 17.7 Å². The van der Waals surface area contributed by atoms with E-state index in [9.17, 15) is 9.59 Å². The third-order valence-electron chi connectivity index (χ3n) is 3.42. The molecular formula is C18H14ClN3O3S. The lowest BCUT2D eigenvalue weighted by Gasteiger charge is -2.08. The summed E-state index contributed by atoms with van der Waals surface area (Å²) in [5, 5.41) is 5.23. The van der Waals surface area contributed by atoms with E-state index in [1.165, 1.54) is 18.4 Å². The number of hydrogen-bond acceptors (Lipinski definition) is 5.